The number of aliphatic hydroxyl groups is 1. The first kappa shape index (κ1) is 28.5. The summed E-state index contributed by atoms with van der Waals surface area (Å²) in [5.41, 5.74) is 7.84. The van der Waals surface area contributed by atoms with Gasteiger partial charge in [0.1, 0.15) is 0 Å². The van der Waals surface area contributed by atoms with Crippen LogP contribution >= 0.6 is 0 Å². The van der Waals surface area contributed by atoms with Crippen LogP contribution in [0.4, 0.5) is 0 Å². The van der Waals surface area contributed by atoms with E-state index in [1.165, 1.54) is 0 Å². The number of hydrazine groups is 1. The van der Waals surface area contributed by atoms with Gasteiger partial charge in [0, 0.05) is 48.1 Å². The molecule has 1 atom stereocenters. The van der Waals surface area contributed by atoms with Gasteiger partial charge in [-0.05, 0) is 55.1 Å². The quantitative estimate of drug-likeness (QED) is 0.173. The van der Waals surface area contributed by atoms with E-state index in [-0.39, 0.29) is 18.4 Å². The lowest BCUT2D eigenvalue weighted by molar-refractivity contribution is 0.112. The van der Waals surface area contributed by atoms with Crippen LogP contribution in [0.3, 0.4) is 0 Å². The van der Waals surface area contributed by atoms with Crippen molar-refractivity contribution in [3.63, 3.8) is 0 Å². The zero-order chi connectivity index (χ0) is 27.8. The Bertz CT molecular complexity index is 1510. The van der Waals surface area contributed by atoms with Crippen molar-refractivity contribution < 1.29 is 18.3 Å². The van der Waals surface area contributed by atoms with Gasteiger partial charge in [0.05, 0.1) is 17.0 Å². The Morgan fingerprint density at radius 3 is 2.36 bits per heavy atom. The van der Waals surface area contributed by atoms with Gasteiger partial charge in [0.25, 0.3) is 0 Å². The van der Waals surface area contributed by atoms with Gasteiger partial charge < -0.3 is 5.11 Å². The van der Waals surface area contributed by atoms with Gasteiger partial charge in [-0.3, -0.25) is 21.0 Å². The number of aliphatic hydroxyl groups excluding tert-OH is 1. The number of hydrogen-bond acceptors (Lipinski definition) is 8. The first-order chi connectivity index (χ1) is 18.9. The smallest absolute Gasteiger partial charge is 0.218 e. The Labute approximate surface area is 228 Å². The highest BCUT2D eigenvalue weighted by molar-refractivity contribution is 7.88. The number of carbonyl (C=O) groups is 1. The molecular weight excluding hydrogens is 514 g/mol. The van der Waals surface area contributed by atoms with Crippen molar-refractivity contribution in [1.29, 1.82) is 0 Å². The number of hydrogen-bond donors (Lipinski definition) is 3. The fourth-order valence-electron chi connectivity index (χ4n) is 4.87. The van der Waals surface area contributed by atoms with Crippen LogP contribution in [0, 0.1) is 0 Å². The van der Waals surface area contributed by atoms with Crippen LogP contribution in [0.1, 0.15) is 35.2 Å². The summed E-state index contributed by atoms with van der Waals surface area (Å²) < 4.78 is 27.5. The lowest BCUT2D eigenvalue weighted by atomic mass is 10.0. The number of nitrogens with zero attached hydrogens (tertiary/aromatic N) is 3. The van der Waals surface area contributed by atoms with Crippen LogP contribution in [0.25, 0.3) is 33.3 Å². The molecule has 0 unspecified atom stereocenters. The Morgan fingerprint density at radius 1 is 1.08 bits per heavy atom. The van der Waals surface area contributed by atoms with Crippen molar-refractivity contribution in [2.75, 3.05) is 20.2 Å². The molecule has 2 aromatic carbocycles. The van der Waals surface area contributed by atoms with E-state index in [9.17, 15) is 18.3 Å². The van der Waals surface area contributed by atoms with Crippen molar-refractivity contribution in [3.8, 4) is 22.4 Å². The molecule has 1 aliphatic rings. The highest BCUT2D eigenvalue weighted by atomic mass is 32.2. The third-order valence-electron chi connectivity index (χ3n) is 6.73. The van der Waals surface area contributed by atoms with E-state index in [0.29, 0.717) is 24.2 Å². The molecule has 0 radical (unpaired) electrons. The summed E-state index contributed by atoms with van der Waals surface area (Å²) in [5.74, 6) is 4.55. The molecule has 4 N–H and O–H groups in total. The first-order valence-corrected chi connectivity index (χ1v) is 14.4. The molecule has 3 heterocycles. The summed E-state index contributed by atoms with van der Waals surface area (Å²) in [7, 11) is -1.78. The second-order valence-corrected chi connectivity index (χ2v) is 11.3. The first-order valence-electron chi connectivity index (χ1n) is 12.8. The minimum atomic E-state index is -3.43. The molecular formula is C29H33N5O4S. The van der Waals surface area contributed by atoms with Gasteiger partial charge in [0.2, 0.25) is 10.0 Å². The molecule has 2 aromatic heterocycles. The number of pyridine rings is 2. The molecule has 39 heavy (non-hydrogen) atoms. The largest absolute Gasteiger partial charge is 0.396 e. The van der Waals surface area contributed by atoms with Crippen LogP contribution in [0.2, 0.25) is 0 Å². The Balaban J connectivity index is 0.00000112. The lowest BCUT2D eigenvalue weighted by Gasteiger charge is -2.23. The van der Waals surface area contributed by atoms with Crippen LogP contribution in [-0.2, 0) is 15.8 Å². The third kappa shape index (κ3) is 6.73. The van der Waals surface area contributed by atoms with E-state index in [2.05, 4.69) is 21.2 Å². The molecule has 0 aliphatic carbocycles. The van der Waals surface area contributed by atoms with Crippen molar-refractivity contribution in [2.45, 2.75) is 31.1 Å². The van der Waals surface area contributed by atoms with Crippen molar-refractivity contribution >= 4 is 27.2 Å². The van der Waals surface area contributed by atoms with Gasteiger partial charge in [-0.2, -0.15) is 4.31 Å². The van der Waals surface area contributed by atoms with Crippen molar-refractivity contribution in [3.05, 3.63) is 84.2 Å². The number of carbonyl (C=O) groups excluding carboxylic acids is 1. The predicted octanol–water partition coefficient (Wildman–Crippen LogP) is 3.53. The average molecular weight is 548 g/mol. The zero-order valence-electron chi connectivity index (χ0n) is 21.8. The molecule has 10 heteroatoms. The fraction of sp³-hybridized carbons (Fsp3) is 0.276. The molecule has 1 aliphatic heterocycles. The molecule has 204 valence electrons. The van der Waals surface area contributed by atoms with E-state index >= 15 is 0 Å². The Morgan fingerprint density at radius 2 is 1.72 bits per heavy atom. The molecule has 9 nitrogen and oxygen atoms in total. The zero-order valence-corrected chi connectivity index (χ0v) is 22.6. The molecule has 4 aromatic rings. The molecule has 1 fully saturated rings. The Kier molecular flexibility index (Phi) is 9.50. The molecule has 0 amide bonds. The maximum absolute atomic E-state index is 13.0. The number of fused-ring (bicyclic) bond motifs is 1. The van der Waals surface area contributed by atoms with Crippen molar-refractivity contribution in [1.82, 2.24) is 19.7 Å². The van der Waals surface area contributed by atoms with Crippen molar-refractivity contribution in [2.24, 2.45) is 5.84 Å². The molecule has 0 saturated carbocycles. The van der Waals surface area contributed by atoms with Gasteiger partial charge in [0.15, 0.2) is 6.29 Å². The number of aromatic nitrogens is 2. The van der Waals surface area contributed by atoms with E-state index < -0.39 is 10.0 Å². The third-order valence-corrected chi connectivity index (χ3v) is 8.62. The van der Waals surface area contributed by atoms with Crippen LogP contribution < -0.4 is 11.3 Å². The standard InChI is InChI=1S/C28H27N3O4S.CH6N2/c32-15-12-25-2-1-14-31(25)36(34,35)19-20-3-5-21(6-4-20)22-7-9-23(10-8-22)28-16-24(18-33)26-17-29-13-11-27(26)30-28;1-3-2/h3-11,13,16-18,25,32H,1-2,12,14-15,19H2;3H,2H2,1H3/t25-;/m1./s1. The summed E-state index contributed by atoms with van der Waals surface area (Å²) in [6, 6.07) is 18.9. The minimum Gasteiger partial charge on any atom is -0.396 e. The highest BCUT2D eigenvalue weighted by Gasteiger charge is 2.33. The maximum atomic E-state index is 13.0. The van der Waals surface area contributed by atoms with Crippen LogP contribution in [-0.4, -0.2) is 60.3 Å². The number of benzene rings is 2. The van der Waals surface area contributed by atoms with Crippen LogP contribution in [0.15, 0.2) is 73.1 Å². The Hall–Kier alpha value is -3.54. The van der Waals surface area contributed by atoms with Gasteiger partial charge >= 0.3 is 0 Å². The summed E-state index contributed by atoms with van der Waals surface area (Å²) in [4.78, 5) is 20.3. The second-order valence-electron chi connectivity index (χ2n) is 9.35. The molecule has 0 spiro atoms. The second kappa shape index (κ2) is 13.0. The molecule has 1 saturated heterocycles. The van der Waals surface area contributed by atoms with E-state index in [1.54, 1.807) is 35.9 Å². The SMILES string of the molecule is CNN.O=Cc1cc(-c2ccc(-c3ccc(CS(=O)(=O)N4CCC[C@@H]4CCO)cc3)cc2)nc2ccncc12. The number of rotatable bonds is 8. The van der Waals surface area contributed by atoms with E-state index in [0.717, 1.165) is 52.3 Å². The average Bonchev–Trinajstić information content (AvgIpc) is 3.43. The highest BCUT2D eigenvalue weighted by Crippen LogP contribution is 2.29. The number of sulfonamides is 1. The summed E-state index contributed by atoms with van der Waals surface area (Å²) >= 11 is 0. The monoisotopic (exact) mass is 547 g/mol. The lowest BCUT2D eigenvalue weighted by Crippen LogP contribution is -2.36. The number of aldehydes is 1. The molecule has 5 rings (SSSR count). The minimum absolute atomic E-state index is 0.00314. The predicted molar refractivity (Wildman–Crippen MR) is 153 cm³/mol. The summed E-state index contributed by atoms with van der Waals surface area (Å²) in [6.07, 6.45) is 6.24. The summed E-state index contributed by atoms with van der Waals surface area (Å²) in [5, 5.41) is 9.97. The maximum Gasteiger partial charge on any atom is 0.218 e. The van der Waals surface area contributed by atoms with Gasteiger partial charge in [-0.25, -0.2) is 13.4 Å². The summed E-state index contributed by atoms with van der Waals surface area (Å²) in [6.45, 7) is 0.519. The van der Waals surface area contributed by atoms with E-state index in [1.807, 2.05) is 48.5 Å². The van der Waals surface area contributed by atoms with Crippen LogP contribution in [0.5, 0.6) is 0 Å². The number of nitrogens with two attached hydrogens (primary N) is 1. The normalized spacial score (nSPS) is 15.6. The van der Waals surface area contributed by atoms with Gasteiger partial charge in [-0.15, -0.1) is 0 Å². The number of nitrogens with one attached hydrogen (secondary N) is 1. The van der Waals surface area contributed by atoms with E-state index in [4.69, 9.17) is 0 Å². The topological polar surface area (TPSA) is 139 Å². The molecule has 0 bridgehead atoms. The van der Waals surface area contributed by atoms with Gasteiger partial charge in [-0.1, -0.05) is 48.5 Å². The fourth-order valence-corrected chi connectivity index (χ4v) is 6.72.